The van der Waals surface area contributed by atoms with E-state index < -0.39 is 8.32 Å². The first-order chi connectivity index (χ1) is 10.6. The van der Waals surface area contributed by atoms with E-state index in [0.717, 1.165) is 6.61 Å². The zero-order chi connectivity index (χ0) is 16.3. The van der Waals surface area contributed by atoms with Gasteiger partial charge in [0, 0.05) is 3.55 Å². The Hall–Kier alpha value is -0.133. The minimum absolute atomic E-state index is 0.705. The molecule has 0 saturated heterocycles. The first kappa shape index (κ1) is 19.9. The molecule has 0 aromatic heterocycles. The van der Waals surface area contributed by atoms with Gasteiger partial charge in [0.05, 0.1) is 6.61 Å². The van der Waals surface area contributed by atoms with Crippen molar-refractivity contribution in [3.63, 3.8) is 0 Å². The van der Waals surface area contributed by atoms with Gasteiger partial charge in [-0.15, -0.1) is 0 Å². The molecule has 0 amide bonds. The molecule has 22 heavy (non-hydrogen) atoms. The molecule has 1 aromatic carbocycles. The monoisotopic (exact) mass is 430 g/mol. The third-order valence-electron chi connectivity index (χ3n) is 3.98. The second-order valence-electron chi connectivity index (χ2n) is 6.40. The van der Waals surface area contributed by atoms with Crippen LogP contribution in [0.25, 0.3) is 6.08 Å². The second kappa shape index (κ2) is 11.4. The van der Waals surface area contributed by atoms with Crippen LogP contribution in [-0.2, 0) is 4.43 Å². The molecule has 1 atom stereocenters. The first-order valence-corrected chi connectivity index (χ1v) is 12.8. The molecule has 0 bridgehead atoms. The summed E-state index contributed by atoms with van der Waals surface area (Å²) in [5.41, 5.74) is 1.24. The normalized spacial score (nSPS) is 13.6. The summed E-state index contributed by atoms with van der Waals surface area (Å²) in [5.74, 6) is 0. The molecule has 1 nitrogen and oxygen atoms in total. The summed E-state index contributed by atoms with van der Waals surface area (Å²) in [4.78, 5) is 0. The van der Waals surface area contributed by atoms with E-state index in [1.165, 1.54) is 44.1 Å². The summed E-state index contributed by atoms with van der Waals surface area (Å²) in [6.07, 6.45) is 12.4. The summed E-state index contributed by atoms with van der Waals surface area (Å²) < 4.78 is 6.94. The van der Waals surface area contributed by atoms with Crippen molar-refractivity contribution < 1.29 is 4.43 Å². The summed E-state index contributed by atoms with van der Waals surface area (Å²) >= 11 is 2.62. The van der Waals surface area contributed by atoms with Crippen molar-refractivity contribution in [2.24, 2.45) is 0 Å². The van der Waals surface area contributed by atoms with Crippen molar-refractivity contribution in [3.8, 4) is 0 Å². The average molecular weight is 430 g/mol. The van der Waals surface area contributed by atoms with Crippen LogP contribution in [0.1, 0.15) is 51.0 Å². The number of benzene rings is 1. The number of rotatable bonds is 11. The molecule has 1 aromatic rings. The second-order valence-corrected chi connectivity index (χ2v) is 13.3. The van der Waals surface area contributed by atoms with Gasteiger partial charge in [0.1, 0.15) is 0 Å². The van der Waals surface area contributed by atoms with Gasteiger partial charge in [-0.3, -0.25) is 0 Å². The van der Waals surface area contributed by atoms with Crippen LogP contribution in [0, 0.1) is 0 Å². The highest BCUT2D eigenvalue weighted by Crippen LogP contribution is 2.24. The lowest BCUT2D eigenvalue weighted by Gasteiger charge is -2.27. The van der Waals surface area contributed by atoms with Crippen molar-refractivity contribution in [2.45, 2.75) is 62.1 Å². The Morgan fingerprint density at radius 3 is 2.45 bits per heavy atom. The quantitative estimate of drug-likeness (QED) is 0.166. The molecule has 0 spiro atoms. The van der Waals surface area contributed by atoms with Gasteiger partial charge in [-0.1, -0.05) is 104 Å². The molecule has 0 aliphatic rings. The molecule has 3 heteroatoms. The maximum Gasteiger partial charge on any atom is 0.199 e. The highest BCUT2D eigenvalue weighted by Gasteiger charge is 2.30. The molecule has 0 heterocycles. The van der Waals surface area contributed by atoms with E-state index in [1.807, 2.05) is 6.07 Å². The van der Waals surface area contributed by atoms with E-state index in [9.17, 15) is 0 Å². The molecular weight excluding hydrogens is 399 g/mol. The Bertz CT molecular complexity index is 417. The maximum atomic E-state index is 6.24. The Morgan fingerprint density at radius 1 is 1.09 bits per heavy atom. The van der Waals surface area contributed by atoms with Gasteiger partial charge in [-0.2, -0.15) is 0 Å². The fourth-order valence-electron chi connectivity index (χ4n) is 2.38. The van der Waals surface area contributed by atoms with Crippen molar-refractivity contribution in [1.82, 2.24) is 0 Å². The molecule has 0 N–H and O–H groups in total. The van der Waals surface area contributed by atoms with Crippen LogP contribution in [-0.4, -0.2) is 18.5 Å². The number of alkyl halides is 1. The minimum atomic E-state index is -1.58. The Morgan fingerprint density at radius 2 is 1.77 bits per heavy atom. The van der Waals surface area contributed by atoms with E-state index >= 15 is 0 Å². The molecule has 0 radical (unpaired) electrons. The fourth-order valence-corrected chi connectivity index (χ4v) is 4.96. The lowest BCUT2D eigenvalue weighted by atomic mass is 10.1. The minimum Gasteiger partial charge on any atom is -0.413 e. The number of halogens is 1. The zero-order valence-electron chi connectivity index (χ0n) is 14.4. The van der Waals surface area contributed by atoms with Crippen LogP contribution in [0.3, 0.4) is 0 Å². The van der Waals surface area contributed by atoms with Gasteiger partial charge >= 0.3 is 0 Å². The highest BCUT2D eigenvalue weighted by molar-refractivity contribution is 14.1. The van der Waals surface area contributed by atoms with Crippen LogP contribution >= 0.6 is 22.6 Å². The first-order valence-electron chi connectivity index (χ1n) is 8.56. The largest absolute Gasteiger partial charge is 0.413 e. The summed E-state index contributed by atoms with van der Waals surface area (Å²) in [5, 5.41) is 0. The number of unbranched alkanes of at least 4 members (excludes halogenated alkanes) is 4. The van der Waals surface area contributed by atoms with Gasteiger partial charge in [0.2, 0.25) is 0 Å². The lowest BCUT2D eigenvalue weighted by Crippen LogP contribution is -2.41. The van der Waals surface area contributed by atoms with Gasteiger partial charge < -0.3 is 4.43 Å². The summed E-state index contributed by atoms with van der Waals surface area (Å²) in [6.45, 7) is 7.72. The molecule has 0 aliphatic carbocycles. The maximum absolute atomic E-state index is 6.24. The van der Waals surface area contributed by atoms with Crippen LogP contribution in [0.5, 0.6) is 0 Å². The smallest absolute Gasteiger partial charge is 0.199 e. The SMILES string of the molecule is CCCCCCCC(I)[Si](C)(C)OC/C=C/c1ccccc1. The molecule has 124 valence electrons. The predicted molar refractivity (Wildman–Crippen MR) is 110 cm³/mol. The van der Waals surface area contributed by atoms with E-state index in [2.05, 4.69) is 79.0 Å². The Balaban J connectivity index is 2.25. The van der Waals surface area contributed by atoms with Gasteiger partial charge in [0.15, 0.2) is 8.32 Å². The van der Waals surface area contributed by atoms with E-state index in [1.54, 1.807) is 0 Å². The average Bonchev–Trinajstić information content (AvgIpc) is 2.52. The number of hydrogen-bond acceptors (Lipinski definition) is 1. The molecule has 0 fully saturated rings. The van der Waals surface area contributed by atoms with Gasteiger partial charge in [-0.25, -0.2) is 0 Å². The summed E-state index contributed by atoms with van der Waals surface area (Å²) in [6, 6.07) is 10.4. The third kappa shape index (κ3) is 8.49. The topological polar surface area (TPSA) is 9.23 Å². The zero-order valence-corrected chi connectivity index (χ0v) is 17.5. The van der Waals surface area contributed by atoms with E-state index in [-0.39, 0.29) is 0 Å². The van der Waals surface area contributed by atoms with Crippen molar-refractivity contribution in [2.75, 3.05) is 6.61 Å². The standard InChI is InChI=1S/C19H31IOSi/c1-4-5-6-7-11-16-19(20)22(2,3)21-17-12-15-18-13-9-8-10-14-18/h8-10,12-15,19H,4-7,11,16-17H2,1-3H3/b15-12+. The van der Waals surface area contributed by atoms with Crippen LogP contribution in [0.2, 0.25) is 13.1 Å². The lowest BCUT2D eigenvalue weighted by molar-refractivity contribution is 0.350. The van der Waals surface area contributed by atoms with Crippen molar-refractivity contribution in [1.29, 1.82) is 0 Å². The molecule has 0 aliphatic heterocycles. The fraction of sp³-hybridized carbons (Fsp3) is 0.579. The molecule has 1 rings (SSSR count). The van der Waals surface area contributed by atoms with Gasteiger partial charge in [0.25, 0.3) is 0 Å². The van der Waals surface area contributed by atoms with E-state index in [4.69, 9.17) is 4.43 Å². The molecule has 1 unspecified atom stereocenters. The third-order valence-corrected chi connectivity index (χ3v) is 11.8. The summed E-state index contributed by atoms with van der Waals surface area (Å²) in [7, 11) is -1.58. The highest BCUT2D eigenvalue weighted by atomic mass is 127. The Kier molecular flexibility index (Phi) is 10.3. The van der Waals surface area contributed by atoms with Crippen LogP contribution in [0.4, 0.5) is 0 Å². The van der Waals surface area contributed by atoms with Crippen LogP contribution < -0.4 is 0 Å². The number of hydrogen-bond donors (Lipinski definition) is 0. The van der Waals surface area contributed by atoms with E-state index in [0.29, 0.717) is 3.55 Å². The predicted octanol–water partition coefficient (Wildman–Crippen LogP) is 6.62. The Labute approximate surface area is 151 Å². The molecule has 0 saturated carbocycles. The van der Waals surface area contributed by atoms with Crippen molar-refractivity contribution in [3.05, 3.63) is 42.0 Å². The van der Waals surface area contributed by atoms with Crippen LogP contribution in [0.15, 0.2) is 36.4 Å². The molecular formula is C19H31IOSi. The van der Waals surface area contributed by atoms with Crippen molar-refractivity contribution >= 4 is 37.0 Å². The van der Waals surface area contributed by atoms with Gasteiger partial charge in [-0.05, 0) is 25.1 Å².